The molecule has 1 amide bonds. The van der Waals surface area contributed by atoms with Crippen LogP contribution in [0.1, 0.15) is 27.2 Å². The SMILES string of the molecule is Cc1ccc(CN(C)C(=O)c2nn(Cc3ccccc3)c(=O)c3ccccc23)cc1. The minimum absolute atomic E-state index is 0.202. The number of hydrogen-bond acceptors (Lipinski definition) is 3. The van der Waals surface area contributed by atoms with Gasteiger partial charge in [0, 0.05) is 19.0 Å². The molecule has 1 heterocycles. The topological polar surface area (TPSA) is 55.2 Å². The molecule has 0 N–H and O–H groups in total. The molecule has 5 heteroatoms. The zero-order chi connectivity index (χ0) is 21.1. The van der Waals surface area contributed by atoms with Crippen molar-refractivity contribution >= 4 is 16.7 Å². The van der Waals surface area contributed by atoms with Crippen LogP contribution in [0.4, 0.5) is 0 Å². The monoisotopic (exact) mass is 397 g/mol. The lowest BCUT2D eigenvalue weighted by molar-refractivity contribution is 0.0779. The van der Waals surface area contributed by atoms with Gasteiger partial charge in [0.25, 0.3) is 11.5 Å². The van der Waals surface area contributed by atoms with Gasteiger partial charge in [-0.25, -0.2) is 4.68 Å². The van der Waals surface area contributed by atoms with Crippen LogP contribution in [0.25, 0.3) is 10.8 Å². The van der Waals surface area contributed by atoms with Gasteiger partial charge in [-0.05, 0) is 24.1 Å². The number of nitrogens with zero attached hydrogens (tertiary/aromatic N) is 3. The molecule has 3 aromatic carbocycles. The van der Waals surface area contributed by atoms with Crippen molar-refractivity contribution in [2.45, 2.75) is 20.0 Å². The second-order valence-corrected chi connectivity index (χ2v) is 7.49. The van der Waals surface area contributed by atoms with Crippen molar-refractivity contribution in [2.75, 3.05) is 7.05 Å². The lowest BCUT2D eigenvalue weighted by Crippen LogP contribution is -2.32. The summed E-state index contributed by atoms with van der Waals surface area (Å²) >= 11 is 0. The summed E-state index contributed by atoms with van der Waals surface area (Å²) in [5, 5.41) is 5.56. The first-order valence-electron chi connectivity index (χ1n) is 9.88. The van der Waals surface area contributed by atoms with Crippen LogP contribution in [-0.2, 0) is 13.1 Å². The van der Waals surface area contributed by atoms with Gasteiger partial charge in [0.05, 0.1) is 11.9 Å². The van der Waals surface area contributed by atoms with Crippen molar-refractivity contribution in [1.82, 2.24) is 14.7 Å². The summed E-state index contributed by atoms with van der Waals surface area (Å²) in [5.41, 5.74) is 3.25. The maximum Gasteiger partial charge on any atom is 0.274 e. The quantitative estimate of drug-likeness (QED) is 0.511. The van der Waals surface area contributed by atoms with E-state index in [9.17, 15) is 9.59 Å². The molecule has 0 aliphatic rings. The minimum atomic E-state index is -0.214. The molecule has 0 saturated carbocycles. The Morgan fingerprint density at radius 3 is 2.20 bits per heavy atom. The molecule has 0 bridgehead atoms. The van der Waals surface area contributed by atoms with Gasteiger partial charge in [0.1, 0.15) is 0 Å². The molecule has 5 nitrogen and oxygen atoms in total. The summed E-state index contributed by atoms with van der Waals surface area (Å²) < 4.78 is 1.38. The molecule has 0 saturated heterocycles. The molecule has 0 unspecified atom stereocenters. The predicted molar refractivity (Wildman–Crippen MR) is 119 cm³/mol. The Balaban J connectivity index is 1.73. The molecule has 1 aromatic heterocycles. The molecule has 4 rings (SSSR count). The van der Waals surface area contributed by atoms with Crippen molar-refractivity contribution in [2.24, 2.45) is 0 Å². The van der Waals surface area contributed by atoms with Crippen LogP contribution in [0.5, 0.6) is 0 Å². The van der Waals surface area contributed by atoms with Crippen LogP contribution in [-0.4, -0.2) is 27.6 Å². The van der Waals surface area contributed by atoms with Crippen molar-refractivity contribution in [3.05, 3.63) is 112 Å². The molecule has 0 aliphatic heterocycles. The van der Waals surface area contributed by atoms with Crippen molar-refractivity contribution in [3.63, 3.8) is 0 Å². The average molecular weight is 397 g/mol. The third-order valence-corrected chi connectivity index (χ3v) is 5.13. The zero-order valence-corrected chi connectivity index (χ0v) is 17.1. The zero-order valence-electron chi connectivity index (χ0n) is 17.1. The van der Waals surface area contributed by atoms with Crippen molar-refractivity contribution in [3.8, 4) is 0 Å². The average Bonchev–Trinajstić information content (AvgIpc) is 2.77. The second kappa shape index (κ2) is 8.33. The number of rotatable bonds is 5. The molecule has 0 spiro atoms. The van der Waals surface area contributed by atoms with Gasteiger partial charge in [0.2, 0.25) is 0 Å². The van der Waals surface area contributed by atoms with Crippen LogP contribution in [0, 0.1) is 6.92 Å². The fourth-order valence-corrected chi connectivity index (χ4v) is 3.48. The van der Waals surface area contributed by atoms with Gasteiger partial charge in [-0.2, -0.15) is 5.10 Å². The number of carbonyl (C=O) groups excluding carboxylic acids is 1. The van der Waals surface area contributed by atoms with Crippen molar-refractivity contribution < 1.29 is 4.79 Å². The van der Waals surface area contributed by atoms with Crippen molar-refractivity contribution in [1.29, 1.82) is 0 Å². The van der Waals surface area contributed by atoms with E-state index in [0.717, 1.165) is 11.1 Å². The lowest BCUT2D eigenvalue weighted by Gasteiger charge is -2.19. The van der Waals surface area contributed by atoms with E-state index in [-0.39, 0.29) is 17.2 Å². The van der Waals surface area contributed by atoms with Gasteiger partial charge in [-0.1, -0.05) is 78.4 Å². The standard InChI is InChI=1S/C25H23N3O2/c1-18-12-14-20(15-13-18)16-27(2)25(30)23-21-10-6-7-11-22(21)24(29)28(26-23)17-19-8-4-3-5-9-19/h3-15H,16-17H2,1-2H3. The van der Waals surface area contributed by atoms with Crippen LogP contribution in [0.15, 0.2) is 83.7 Å². The summed E-state index contributed by atoms with van der Waals surface area (Å²) in [7, 11) is 1.76. The number of benzene rings is 3. The summed E-state index contributed by atoms with van der Waals surface area (Å²) in [6.07, 6.45) is 0. The van der Waals surface area contributed by atoms with E-state index in [1.54, 1.807) is 30.1 Å². The normalized spacial score (nSPS) is 10.9. The maximum absolute atomic E-state index is 13.3. The largest absolute Gasteiger partial charge is 0.336 e. The molecule has 150 valence electrons. The van der Waals surface area contributed by atoms with Crippen LogP contribution in [0.2, 0.25) is 0 Å². The minimum Gasteiger partial charge on any atom is -0.336 e. The highest BCUT2D eigenvalue weighted by Gasteiger charge is 2.20. The fourth-order valence-electron chi connectivity index (χ4n) is 3.48. The smallest absolute Gasteiger partial charge is 0.274 e. The highest BCUT2D eigenvalue weighted by molar-refractivity contribution is 6.04. The predicted octanol–water partition coefficient (Wildman–Crippen LogP) is 4.03. The van der Waals surface area contributed by atoms with Crippen LogP contribution in [0.3, 0.4) is 0 Å². The number of fused-ring (bicyclic) bond motifs is 1. The third kappa shape index (κ3) is 4.01. The number of aromatic nitrogens is 2. The second-order valence-electron chi connectivity index (χ2n) is 7.49. The van der Waals surface area contributed by atoms with E-state index >= 15 is 0 Å². The Kier molecular flexibility index (Phi) is 5.44. The Labute approximate surface area is 175 Å². The van der Waals surface area contributed by atoms with Crippen LogP contribution >= 0.6 is 0 Å². The highest BCUT2D eigenvalue weighted by atomic mass is 16.2. The number of aryl methyl sites for hydroxylation is 1. The summed E-state index contributed by atoms with van der Waals surface area (Å²) in [6, 6.07) is 24.9. The molecular formula is C25H23N3O2. The Morgan fingerprint density at radius 2 is 1.50 bits per heavy atom. The number of hydrogen-bond donors (Lipinski definition) is 0. The maximum atomic E-state index is 13.3. The first kappa shape index (κ1) is 19.6. The van der Waals surface area contributed by atoms with E-state index in [2.05, 4.69) is 5.10 Å². The van der Waals surface area contributed by atoms with Crippen LogP contribution < -0.4 is 5.56 Å². The first-order chi connectivity index (χ1) is 14.5. The lowest BCUT2D eigenvalue weighted by atomic mass is 10.1. The van der Waals surface area contributed by atoms with Gasteiger partial charge >= 0.3 is 0 Å². The van der Waals surface area contributed by atoms with Gasteiger partial charge < -0.3 is 4.90 Å². The van der Waals surface area contributed by atoms with Gasteiger partial charge in [-0.3, -0.25) is 9.59 Å². The summed E-state index contributed by atoms with van der Waals surface area (Å²) in [4.78, 5) is 27.9. The van der Waals surface area contributed by atoms with Gasteiger partial charge in [0.15, 0.2) is 5.69 Å². The Hall–Kier alpha value is -3.73. The molecule has 0 radical (unpaired) electrons. The Morgan fingerprint density at radius 1 is 0.867 bits per heavy atom. The molecular weight excluding hydrogens is 374 g/mol. The molecule has 0 fully saturated rings. The molecule has 0 aliphatic carbocycles. The number of carbonyl (C=O) groups is 1. The van der Waals surface area contributed by atoms with E-state index in [0.29, 0.717) is 23.9 Å². The molecule has 4 aromatic rings. The Bertz CT molecular complexity index is 1250. The van der Waals surface area contributed by atoms with E-state index < -0.39 is 0 Å². The summed E-state index contributed by atoms with van der Waals surface area (Å²) in [5.74, 6) is -0.214. The van der Waals surface area contributed by atoms with Gasteiger partial charge in [-0.15, -0.1) is 0 Å². The fraction of sp³-hybridized carbons (Fsp3) is 0.160. The third-order valence-electron chi connectivity index (χ3n) is 5.13. The first-order valence-corrected chi connectivity index (χ1v) is 9.88. The molecule has 30 heavy (non-hydrogen) atoms. The van der Waals surface area contributed by atoms with E-state index in [1.165, 1.54) is 10.2 Å². The number of amides is 1. The highest BCUT2D eigenvalue weighted by Crippen LogP contribution is 2.17. The van der Waals surface area contributed by atoms with E-state index in [1.807, 2.05) is 67.6 Å². The molecule has 0 atom stereocenters. The summed E-state index contributed by atoms with van der Waals surface area (Å²) in [6.45, 7) is 2.81. The van der Waals surface area contributed by atoms with E-state index in [4.69, 9.17) is 0 Å².